The maximum absolute atomic E-state index is 13.7. The van der Waals surface area contributed by atoms with Gasteiger partial charge in [0.2, 0.25) is 0 Å². The Hall–Kier alpha value is -5.20. The van der Waals surface area contributed by atoms with Gasteiger partial charge in [-0.25, -0.2) is 4.39 Å². The molecular weight excluding hydrogens is 866 g/mol. The smallest absolute Gasteiger partial charge is 0.304 e. The van der Waals surface area contributed by atoms with Crippen LogP contribution < -0.4 is 0 Å². The SMILES string of the molecule is Cc1c[c-]c(-c2cc(C)c(C)cn2)cc1.Cc1c[c-]c(-c2cc(C)c(C)cn2)cc1.O=S1c2ccc[c-]c2-c2nccc3c2c1cc1ccc(F)cc13.[Ir+3]. The van der Waals surface area contributed by atoms with Crippen molar-refractivity contribution in [3.63, 3.8) is 0 Å². The summed E-state index contributed by atoms with van der Waals surface area (Å²) < 4.78 is 26.7. The number of pyridine rings is 3. The van der Waals surface area contributed by atoms with Crippen LogP contribution in [0.15, 0.2) is 125 Å². The third kappa shape index (κ3) is 8.00. The fraction of sp³-hybridized carbons (Fsp3) is 0.128. The van der Waals surface area contributed by atoms with Gasteiger partial charge >= 0.3 is 20.1 Å². The van der Waals surface area contributed by atoms with E-state index in [4.69, 9.17) is 0 Å². The molecule has 0 aliphatic carbocycles. The average Bonchev–Trinajstić information content (AvgIpc) is 3.17. The predicted molar refractivity (Wildman–Crippen MR) is 214 cm³/mol. The number of halogens is 1. The van der Waals surface area contributed by atoms with Gasteiger partial charge in [-0.1, -0.05) is 43.2 Å². The van der Waals surface area contributed by atoms with Crippen LogP contribution >= 0.6 is 0 Å². The van der Waals surface area contributed by atoms with Crippen LogP contribution in [0.4, 0.5) is 4.39 Å². The Kier molecular flexibility index (Phi) is 11.7. The van der Waals surface area contributed by atoms with Crippen LogP contribution in [-0.4, -0.2) is 19.2 Å². The topological polar surface area (TPSA) is 55.7 Å². The van der Waals surface area contributed by atoms with Gasteiger partial charge in [-0.05, 0) is 107 Å². The van der Waals surface area contributed by atoms with Gasteiger partial charge in [0, 0.05) is 34.3 Å². The van der Waals surface area contributed by atoms with E-state index in [1.54, 1.807) is 18.3 Å². The summed E-state index contributed by atoms with van der Waals surface area (Å²) in [7, 11) is -1.29. The molecule has 268 valence electrons. The van der Waals surface area contributed by atoms with Crippen molar-refractivity contribution >= 4 is 32.3 Å². The fourth-order valence-corrected chi connectivity index (χ4v) is 7.53. The molecule has 0 radical (unpaired) electrons. The van der Waals surface area contributed by atoms with Crippen LogP contribution in [0.3, 0.4) is 0 Å². The molecular formula is C47H37FIrN3OS. The van der Waals surface area contributed by atoms with E-state index in [1.165, 1.54) is 45.5 Å². The summed E-state index contributed by atoms with van der Waals surface area (Å²) in [5.41, 5.74) is 13.1. The van der Waals surface area contributed by atoms with E-state index < -0.39 is 10.8 Å². The third-order valence-corrected chi connectivity index (χ3v) is 10.9. The summed E-state index contributed by atoms with van der Waals surface area (Å²) >= 11 is 0. The van der Waals surface area contributed by atoms with Crippen molar-refractivity contribution in [1.29, 1.82) is 0 Å². The van der Waals surface area contributed by atoms with E-state index >= 15 is 0 Å². The molecule has 7 heteroatoms. The summed E-state index contributed by atoms with van der Waals surface area (Å²) in [4.78, 5) is 14.8. The maximum atomic E-state index is 13.7. The zero-order valence-electron chi connectivity index (χ0n) is 30.8. The van der Waals surface area contributed by atoms with Gasteiger partial charge in [-0.15, -0.1) is 101 Å². The molecule has 0 N–H and O–H groups in total. The maximum Gasteiger partial charge on any atom is 3.00 e. The van der Waals surface area contributed by atoms with Gasteiger partial charge in [0.05, 0.1) is 0 Å². The van der Waals surface area contributed by atoms with Crippen LogP contribution in [0.2, 0.25) is 0 Å². The molecule has 0 saturated carbocycles. The van der Waals surface area contributed by atoms with Crippen molar-refractivity contribution in [2.45, 2.75) is 51.3 Å². The van der Waals surface area contributed by atoms with Gasteiger partial charge < -0.3 is 15.0 Å². The van der Waals surface area contributed by atoms with E-state index in [-0.39, 0.29) is 25.9 Å². The number of aryl methyl sites for hydroxylation is 6. The van der Waals surface area contributed by atoms with Gasteiger partial charge in [0.1, 0.15) is 5.82 Å². The fourth-order valence-electron chi connectivity index (χ4n) is 6.12. The summed E-state index contributed by atoms with van der Waals surface area (Å²) in [6.07, 6.45) is 5.54. The number of benzene rings is 5. The number of aromatic nitrogens is 3. The molecule has 1 atom stereocenters. The Morgan fingerprint density at radius 2 is 1.22 bits per heavy atom. The Labute approximate surface area is 332 Å². The number of rotatable bonds is 2. The Balaban J connectivity index is 0.000000143. The van der Waals surface area contributed by atoms with Crippen LogP contribution in [0.5, 0.6) is 0 Å². The quantitative estimate of drug-likeness (QED) is 0.128. The first-order chi connectivity index (χ1) is 25.6. The molecule has 4 heterocycles. The van der Waals surface area contributed by atoms with E-state index in [0.29, 0.717) is 0 Å². The molecule has 4 nitrogen and oxygen atoms in total. The van der Waals surface area contributed by atoms with E-state index in [2.05, 4.69) is 111 Å². The standard InChI is InChI=1S/C19H9FNOS.2C14H14N.Ir/c20-12-6-5-11-9-17-18-13(15(11)10-12)7-8-21-19(18)14-3-1-2-4-16(14)23(17)22;2*1-10-4-6-13(7-5-10)14-8-11(2)12(3)9-15-14;/h1-2,4-10H;2*4-6,8-9H,1-3H3;/q3*-1;+3. The molecule has 0 fully saturated rings. The summed E-state index contributed by atoms with van der Waals surface area (Å²) in [6.45, 7) is 12.5. The molecule has 1 aliphatic heterocycles. The van der Waals surface area contributed by atoms with Crippen molar-refractivity contribution in [1.82, 2.24) is 15.0 Å². The largest absolute Gasteiger partial charge is 3.00 e. The molecule has 3 aromatic heterocycles. The first-order valence-corrected chi connectivity index (χ1v) is 18.5. The predicted octanol–water partition coefficient (Wildman–Crippen LogP) is 11.4. The second-order valence-corrected chi connectivity index (χ2v) is 14.8. The normalized spacial score (nSPS) is 12.5. The third-order valence-electron chi connectivity index (χ3n) is 9.48. The molecule has 0 spiro atoms. The van der Waals surface area contributed by atoms with Gasteiger partial charge in [0.15, 0.2) is 0 Å². The second-order valence-electron chi connectivity index (χ2n) is 13.4. The second kappa shape index (κ2) is 16.4. The molecule has 1 aliphatic rings. The molecule has 0 amide bonds. The van der Waals surface area contributed by atoms with Crippen LogP contribution in [0, 0.1) is 65.6 Å². The summed E-state index contributed by atoms with van der Waals surface area (Å²) in [5.74, 6) is -0.282. The molecule has 9 rings (SSSR count). The summed E-state index contributed by atoms with van der Waals surface area (Å²) in [5, 5.41) is 3.39. The number of nitrogens with zero attached hydrogens (tertiary/aromatic N) is 3. The Morgan fingerprint density at radius 1 is 0.611 bits per heavy atom. The Morgan fingerprint density at radius 3 is 1.78 bits per heavy atom. The van der Waals surface area contributed by atoms with E-state index in [1.807, 2.05) is 48.8 Å². The zero-order valence-corrected chi connectivity index (χ0v) is 34.1. The number of hydrogen-bond acceptors (Lipinski definition) is 4. The molecule has 0 saturated heterocycles. The van der Waals surface area contributed by atoms with Gasteiger partial charge in [-0.3, -0.25) is 4.21 Å². The minimum Gasteiger partial charge on any atom is -0.304 e. The average molecular weight is 903 g/mol. The van der Waals surface area contributed by atoms with Gasteiger partial charge in [-0.2, -0.15) is 0 Å². The molecule has 1 unspecified atom stereocenters. The van der Waals surface area contributed by atoms with Crippen molar-refractivity contribution in [3.05, 3.63) is 173 Å². The Bertz CT molecular complexity index is 2570. The van der Waals surface area contributed by atoms with Crippen molar-refractivity contribution < 1.29 is 28.7 Å². The van der Waals surface area contributed by atoms with E-state index in [0.717, 1.165) is 65.1 Å². The minimum absolute atomic E-state index is 0. The molecule has 8 aromatic rings. The molecule has 0 bridgehead atoms. The van der Waals surface area contributed by atoms with Crippen LogP contribution in [0.1, 0.15) is 33.4 Å². The molecule has 5 aromatic carbocycles. The summed E-state index contributed by atoms with van der Waals surface area (Å²) in [6, 6.07) is 40.0. The monoisotopic (exact) mass is 903 g/mol. The van der Waals surface area contributed by atoms with Crippen molar-refractivity contribution in [2.24, 2.45) is 0 Å². The van der Waals surface area contributed by atoms with E-state index in [9.17, 15) is 8.60 Å². The van der Waals surface area contributed by atoms with Crippen LogP contribution in [-0.2, 0) is 30.9 Å². The number of hydrogen-bond donors (Lipinski definition) is 0. The first kappa shape index (κ1) is 38.5. The van der Waals surface area contributed by atoms with Crippen molar-refractivity contribution in [3.8, 4) is 33.8 Å². The minimum atomic E-state index is -1.29. The van der Waals surface area contributed by atoms with Gasteiger partial charge in [0.25, 0.3) is 0 Å². The van der Waals surface area contributed by atoms with Crippen LogP contribution in [0.25, 0.3) is 55.3 Å². The molecule has 54 heavy (non-hydrogen) atoms. The first-order valence-electron chi connectivity index (χ1n) is 17.3. The zero-order chi connectivity index (χ0) is 37.2. The number of fused-ring (bicyclic) bond motifs is 4. The van der Waals surface area contributed by atoms with Crippen molar-refractivity contribution in [2.75, 3.05) is 0 Å².